The first kappa shape index (κ1) is 19.2. The van der Waals surface area contributed by atoms with E-state index in [1.807, 2.05) is 30.5 Å². The van der Waals surface area contributed by atoms with Crippen molar-refractivity contribution < 1.29 is 9.47 Å². The second-order valence-corrected chi connectivity index (χ2v) is 9.07. The summed E-state index contributed by atoms with van der Waals surface area (Å²) in [6.07, 6.45) is 1.81. The standard InChI is InChI=1S/C24H24BrNO2/c1-23(2)19-11-10-17(12-20(19)24(3,4)28-23)22-21(13-18(25)14-26-22)27-15-16-8-6-5-7-9-16/h5-14H,15H2,1-4H3. The molecule has 1 aromatic heterocycles. The summed E-state index contributed by atoms with van der Waals surface area (Å²) in [5.41, 5.74) is 4.79. The van der Waals surface area contributed by atoms with E-state index < -0.39 is 0 Å². The molecule has 0 radical (unpaired) electrons. The van der Waals surface area contributed by atoms with Gasteiger partial charge in [0.15, 0.2) is 0 Å². The van der Waals surface area contributed by atoms with E-state index in [-0.39, 0.29) is 11.2 Å². The molecule has 0 atom stereocenters. The van der Waals surface area contributed by atoms with E-state index in [9.17, 15) is 0 Å². The molecule has 4 rings (SSSR count). The predicted octanol–water partition coefficient (Wildman–Crippen LogP) is 6.59. The van der Waals surface area contributed by atoms with Crippen LogP contribution in [0.4, 0.5) is 0 Å². The molecule has 0 N–H and O–H groups in total. The smallest absolute Gasteiger partial charge is 0.147 e. The first-order valence-corrected chi connectivity index (χ1v) is 10.2. The normalized spacial score (nSPS) is 16.6. The van der Waals surface area contributed by atoms with Crippen LogP contribution in [0.2, 0.25) is 0 Å². The maximum absolute atomic E-state index is 6.29. The summed E-state index contributed by atoms with van der Waals surface area (Å²) in [7, 11) is 0. The molecule has 0 amide bonds. The first-order chi connectivity index (χ1) is 13.3. The van der Waals surface area contributed by atoms with Crippen LogP contribution in [0, 0.1) is 0 Å². The third kappa shape index (κ3) is 3.59. The van der Waals surface area contributed by atoms with Gasteiger partial charge in [-0.1, -0.05) is 42.5 Å². The number of pyridine rings is 1. The Morgan fingerprint density at radius 1 is 0.929 bits per heavy atom. The molecule has 28 heavy (non-hydrogen) atoms. The Morgan fingerprint density at radius 3 is 2.39 bits per heavy atom. The van der Waals surface area contributed by atoms with Crippen LogP contribution in [0.25, 0.3) is 11.3 Å². The fourth-order valence-electron chi connectivity index (χ4n) is 3.95. The summed E-state index contributed by atoms with van der Waals surface area (Å²) in [6, 6.07) is 18.6. The predicted molar refractivity (Wildman–Crippen MR) is 115 cm³/mol. The van der Waals surface area contributed by atoms with Gasteiger partial charge in [0, 0.05) is 16.2 Å². The van der Waals surface area contributed by atoms with Crippen LogP contribution in [0.1, 0.15) is 44.4 Å². The van der Waals surface area contributed by atoms with Gasteiger partial charge in [0.25, 0.3) is 0 Å². The van der Waals surface area contributed by atoms with E-state index in [1.165, 1.54) is 11.1 Å². The van der Waals surface area contributed by atoms with E-state index in [2.05, 4.69) is 78.9 Å². The molecule has 0 aliphatic carbocycles. The molecule has 0 bridgehead atoms. The van der Waals surface area contributed by atoms with Crippen molar-refractivity contribution in [2.45, 2.75) is 45.5 Å². The van der Waals surface area contributed by atoms with Crippen LogP contribution >= 0.6 is 15.9 Å². The third-order valence-electron chi connectivity index (χ3n) is 5.16. The summed E-state index contributed by atoms with van der Waals surface area (Å²) in [6.45, 7) is 8.97. The molecule has 2 aromatic carbocycles. The summed E-state index contributed by atoms with van der Waals surface area (Å²) in [5.74, 6) is 0.758. The highest BCUT2D eigenvalue weighted by Crippen LogP contribution is 2.48. The quantitative estimate of drug-likeness (QED) is 0.461. The minimum atomic E-state index is -0.338. The minimum Gasteiger partial charge on any atom is -0.487 e. The lowest BCUT2D eigenvalue weighted by Gasteiger charge is -2.24. The Bertz CT molecular complexity index is 1010. The van der Waals surface area contributed by atoms with Crippen LogP contribution in [0.15, 0.2) is 65.3 Å². The number of nitrogens with zero attached hydrogens (tertiary/aromatic N) is 1. The van der Waals surface area contributed by atoms with Crippen molar-refractivity contribution in [3.05, 3.63) is 82.0 Å². The van der Waals surface area contributed by atoms with Crippen molar-refractivity contribution in [1.29, 1.82) is 0 Å². The molecule has 2 heterocycles. The maximum Gasteiger partial charge on any atom is 0.147 e. The molecule has 0 spiro atoms. The highest BCUT2D eigenvalue weighted by atomic mass is 79.9. The Morgan fingerprint density at radius 2 is 1.64 bits per heavy atom. The van der Waals surface area contributed by atoms with Gasteiger partial charge >= 0.3 is 0 Å². The number of ether oxygens (including phenoxy) is 2. The van der Waals surface area contributed by atoms with E-state index >= 15 is 0 Å². The molecule has 0 fully saturated rings. The van der Waals surface area contributed by atoms with Crippen LogP contribution in [0.3, 0.4) is 0 Å². The van der Waals surface area contributed by atoms with Crippen molar-refractivity contribution in [1.82, 2.24) is 4.98 Å². The van der Waals surface area contributed by atoms with Crippen LogP contribution in [0.5, 0.6) is 5.75 Å². The lowest BCUT2D eigenvalue weighted by atomic mass is 9.88. The maximum atomic E-state index is 6.29. The molecule has 0 unspecified atom stereocenters. The number of hydrogen-bond donors (Lipinski definition) is 0. The minimum absolute atomic E-state index is 0.294. The zero-order valence-corrected chi connectivity index (χ0v) is 18.2. The summed E-state index contributed by atoms with van der Waals surface area (Å²) < 4.78 is 13.3. The molecule has 3 aromatic rings. The Kier molecular flexibility index (Phi) is 4.80. The molecular formula is C24H24BrNO2. The van der Waals surface area contributed by atoms with Gasteiger partial charge in [-0.25, -0.2) is 0 Å². The molecule has 0 saturated heterocycles. The van der Waals surface area contributed by atoms with Gasteiger partial charge in [0.2, 0.25) is 0 Å². The van der Waals surface area contributed by atoms with E-state index in [0.717, 1.165) is 27.0 Å². The first-order valence-electron chi connectivity index (χ1n) is 9.44. The van der Waals surface area contributed by atoms with Crippen molar-refractivity contribution in [3.8, 4) is 17.0 Å². The monoisotopic (exact) mass is 437 g/mol. The van der Waals surface area contributed by atoms with E-state index in [4.69, 9.17) is 9.47 Å². The molecule has 1 aliphatic rings. The van der Waals surface area contributed by atoms with Crippen molar-refractivity contribution >= 4 is 15.9 Å². The zero-order chi connectivity index (χ0) is 19.9. The van der Waals surface area contributed by atoms with Gasteiger partial charge < -0.3 is 9.47 Å². The summed E-state index contributed by atoms with van der Waals surface area (Å²) in [5, 5.41) is 0. The Labute approximate surface area is 174 Å². The number of aromatic nitrogens is 1. The topological polar surface area (TPSA) is 31.4 Å². The van der Waals surface area contributed by atoms with Gasteiger partial charge in [-0.2, -0.15) is 0 Å². The molecular weight excluding hydrogens is 414 g/mol. The van der Waals surface area contributed by atoms with Gasteiger partial charge in [0.1, 0.15) is 18.1 Å². The lowest BCUT2D eigenvalue weighted by Crippen LogP contribution is -2.22. The van der Waals surface area contributed by atoms with Crippen LogP contribution in [-0.4, -0.2) is 4.98 Å². The third-order valence-corrected chi connectivity index (χ3v) is 5.59. The van der Waals surface area contributed by atoms with Crippen LogP contribution in [-0.2, 0) is 22.5 Å². The fraction of sp³-hybridized carbons (Fsp3) is 0.292. The summed E-state index contributed by atoms with van der Waals surface area (Å²) in [4.78, 5) is 4.66. The highest BCUT2D eigenvalue weighted by molar-refractivity contribution is 9.10. The van der Waals surface area contributed by atoms with Gasteiger partial charge in [-0.3, -0.25) is 4.98 Å². The largest absolute Gasteiger partial charge is 0.487 e. The second-order valence-electron chi connectivity index (χ2n) is 8.16. The fourth-order valence-corrected chi connectivity index (χ4v) is 4.26. The average Bonchev–Trinajstić information content (AvgIpc) is 2.84. The highest BCUT2D eigenvalue weighted by Gasteiger charge is 2.43. The number of rotatable bonds is 4. The van der Waals surface area contributed by atoms with Crippen LogP contribution < -0.4 is 4.74 Å². The van der Waals surface area contributed by atoms with Gasteiger partial charge in [-0.05, 0) is 72.4 Å². The molecule has 1 aliphatic heterocycles. The van der Waals surface area contributed by atoms with E-state index in [1.54, 1.807) is 0 Å². The average molecular weight is 438 g/mol. The molecule has 0 saturated carbocycles. The number of benzene rings is 2. The van der Waals surface area contributed by atoms with Crippen molar-refractivity contribution in [3.63, 3.8) is 0 Å². The second kappa shape index (κ2) is 7.02. The van der Waals surface area contributed by atoms with Crippen molar-refractivity contribution in [2.24, 2.45) is 0 Å². The number of fused-ring (bicyclic) bond motifs is 1. The zero-order valence-electron chi connectivity index (χ0n) is 16.6. The Hall–Kier alpha value is -2.17. The van der Waals surface area contributed by atoms with E-state index in [0.29, 0.717) is 6.61 Å². The number of halogens is 1. The SMILES string of the molecule is CC1(C)OC(C)(C)c2cc(-c3ncc(Br)cc3OCc3ccccc3)ccc21. The number of hydrogen-bond acceptors (Lipinski definition) is 3. The van der Waals surface area contributed by atoms with Gasteiger partial charge in [-0.15, -0.1) is 0 Å². The molecule has 144 valence electrons. The molecule has 3 nitrogen and oxygen atoms in total. The van der Waals surface area contributed by atoms with Gasteiger partial charge in [0.05, 0.1) is 11.2 Å². The summed E-state index contributed by atoms with van der Waals surface area (Å²) >= 11 is 3.52. The van der Waals surface area contributed by atoms with Crippen molar-refractivity contribution in [2.75, 3.05) is 0 Å². The Balaban J connectivity index is 1.72. The molecule has 4 heteroatoms. The lowest BCUT2D eigenvalue weighted by molar-refractivity contribution is -0.105.